The molecule has 1 aromatic carbocycles. The van der Waals surface area contributed by atoms with E-state index in [1.807, 2.05) is 0 Å². The summed E-state index contributed by atoms with van der Waals surface area (Å²) in [5.74, 6) is 0.661. The van der Waals surface area contributed by atoms with Crippen molar-refractivity contribution < 1.29 is 0 Å². The van der Waals surface area contributed by atoms with Crippen LogP contribution in [0.15, 0.2) is 36.4 Å². The lowest BCUT2D eigenvalue weighted by atomic mass is 9.96. The van der Waals surface area contributed by atoms with Gasteiger partial charge in [-0.2, -0.15) is 5.26 Å². The molecule has 0 bridgehead atoms. The molecule has 0 heterocycles. The van der Waals surface area contributed by atoms with Crippen LogP contribution < -0.4 is 0 Å². The summed E-state index contributed by atoms with van der Waals surface area (Å²) in [6, 6.07) is 10.6. The van der Waals surface area contributed by atoms with Gasteiger partial charge < -0.3 is 0 Å². The molecule has 76 valence electrons. The van der Waals surface area contributed by atoms with Crippen LogP contribution >= 0.6 is 0 Å². The van der Waals surface area contributed by atoms with Gasteiger partial charge in [-0.3, -0.25) is 0 Å². The molecule has 0 radical (unpaired) electrons. The molecular weight excluding hydrogens is 182 g/mol. The highest BCUT2D eigenvalue weighted by molar-refractivity contribution is 5.29. The fourth-order valence-electron chi connectivity index (χ4n) is 2.21. The molecule has 1 fully saturated rings. The summed E-state index contributed by atoms with van der Waals surface area (Å²) in [4.78, 5) is 0. The van der Waals surface area contributed by atoms with Gasteiger partial charge in [0.05, 0.1) is 12.5 Å². The van der Waals surface area contributed by atoms with Crippen LogP contribution in [0.4, 0.5) is 0 Å². The van der Waals surface area contributed by atoms with Crippen molar-refractivity contribution in [3.63, 3.8) is 0 Å². The summed E-state index contributed by atoms with van der Waals surface area (Å²) in [7, 11) is 0. The minimum Gasteiger partial charge on any atom is -0.198 e. The van der Waals surface area contributed by atoms with Crippen molar-refractivity contribution in [1.82, 2.24) is 0 Å². The second-order valence-corrected chi connectivity index (χ2v) is 4.27. The zero-order valence-electron chi connectivity index (χ0n) is 8.87. The SMILES string of the molecule is C=C1CCC(c2ccc(CC#N)cc2)C1. The van der Waals surface area contributed by atoms with E-state index in [1.54, 1.807) is 0 Å². The zero-order valence-corrected chi connectivity index (χ0v) is 8.87. The summed E-state index contributed by atoms with van der Waals surface area (Å²) >= 11 is 0. The van der Waals surface area contributed by atoms with E-state index in [9.17, 15) is 0 Å². The third-order valence-corrected chi connectivity index (χ3v) is 3.12. The average molecular weight is 197 g/mol. The van der Waals surface area contributed by atoms with E-state index >= 15 is 0 Å². The van der Waals surface area contributed by atoms with Crippen LogP contribution in [0.25, 0.3) is 0 Å². The summed E-state index contributed by atoms with van der Waals surface area (Å²) in [6.07, 6.45) is 4.05. The van der Waals surface area contributed by atoms with Crippen LogP contribution in [0.3, 0.4) is 0 Å². The van der Waals surface area contributed by atoms with Crippen LogP contribution in [0.2, 0.25) is 0 Å². The van der Waals surface area contributed by atoms with E-state index in [1.165, 1.54) is 24.0 Å². The first kappa shape index (κ1) is 9.98. The molecule has 0 N–H and O–H groups in total. The maximum absolute atomic E-state index is 8.57. The monoisotopic (exact) mass is 197 g/mol. The van der Waals surface area contributed by atoms with E-state index in [0.29, 0.717) is 12.3 Å². The molecule has 1 saturated carbocycles. The fraction of sp³-hybridized carbons (Fsp3) is 0.357. The minimum absolute atomic E-state index is 0.512. The highest BCUT2D eigenvalue weighted by Gasteiger charge is 2.19. The van der Waals surface area contributed by atoms with Crippen molar-refractivity contribution in [3.05, 3.63) is 47.5 Å². The van der Waals surface area contributed by atoms with Gasteiger partial charge in [0.15, 0.2) is 0 Å². The smallest absolute Gasteiger partial charge is 0.0669 e. The van der Waals surface area contributed by atoms with Crippen molar-refractivity contribution >= 4 is 0 Å². The average Bonchev–Trinajstić information content (AvgIpc) is 2.67. The molecule has 1 unspecified atom stereocenters. The van der Waals surface area contributed by atoms with Gasteiger partial charge in [-0.05, 0) is 36.3 Å². The third kappa shape index (κ3) is 2.27. The van der Waals surface area contributed by atoms with Crippen LogP contribution in [0.1, 0.15) is 36.3 Å². The quantitative estimate of drug-likeness (QED) is 0.665. The lowest BCUT2D eigenvalue weighted by Crippen LogP contribution is -1.92. The number of hydrogen-bond acceptors (Lipinski definition) is 1. The van der Waals surface area contributed by atoms with E-state index in [-0.39, 0.29) is 0 Å². The van der Waals surface area contributed by atoms with Crippen molar-refractivity contribution in [2.45, 2.75) is 31.6 Å². The zero-order chi connectivity index (χ0) is 10.7. The van der Waals surface area contributed by atoms with Crippen molar-refractivity contribution in [2.24, 2.45) is 0 Å². The number of hydrogen-bond donors (Lipinski definition) is 0. The molecule has 1 heteroatoms. The number of allylic oxidation sites excluding steroid dienone is 1. The van der Waals surface area contributed by atoms with Gasteiger partial charge in [-0.25, -0.2) is 0 Å². The van der Waals surface area contributed by atoms with Crippen LogP contribution in [0.5, 0.6) is 0 Å². The third-order valence-electron chi connectivity index (χ3n) is 3.12. The highest BCUT2D eigenvalue weighted by Crippen LogP contribution is 2.36. The summed E-state index contributed by atoms with van der Waals surface area (Å²) in [6.45, 7) is 4.03. The summed E-state index contributed by atoms with van der Waals surface area (Å²) in [5.41, 5.74) is 3.88. The molecule has 1 nitrogen and oxygen atoms in total. The van der Waals surface area contributed by atoms with Gasteiger partial charge in [0.25, 0.3) is 0 Å². The lowest BCUT2D eigenvalue weighted by Gasteiger charge is -2.09. The second kappa shape index (κ2) is 4.31. The molecule has 2 rings (SSSR count). The van der Waals surface area contributed by atoms with Crippen LogP contribution in [-0.4, -0.2) is 0 Å². The molecule has 0 saturated heterocycles. The Bertz CT molecular complexity index is 394. The normalized spacial score (nSPS) is 20.2. The number of rotatable bonds is 2. The number of benzene rings is 1. The molecule has 0 aliphatic heterocycles. The molecule has 15 heavy (non-hydrogen) atoms. The molecule has 0 amide bonds. The van der Waals surface area contributed by atoms with Crippen molar-refractivity contribution in [1.29, 1.82) is 5.26 Å². The predicted octanol–water partition coefficient (Wildman–Crippen LogP) is 3.58. The minimum atomic E-state index is 0.512. The van der Waals surface area contributed by atoms with Crippen LogP contribution in [-0.2, 0) is 6.42 Å². The lowest BCUT2D eigenvalue weighted by molar-refractivity contribution is 0.730. The van der Waals surface area contributed by atoms with Crippen LogP contribution in [0, 0.1) is 11.3 Å². The molecule has 0 spiro atoms. The summed E-state index contributed by atoms with van der Waals surface area (Å²) in [5, 5.41) is 8.57. The van der Waals surface area contributed by atoms with Gasteiger partial charge >= 0.3 is 0 Å². The Labute approximate surface area is 91.0 Å². The highest BCUT2D eigenvalue weighted by atomic mass is 14.2. The molecule has 1 aliphatic carbocycles. The van der Waals surface area contributed by atoms with E-state index in [2.05, 4.69) is 36.9 Å². The van der Waals surface area contributed by atoms with E-state index < -0.39 is 0 Å². The predicted molar refractivity (Wildman–Crippen MR) is 61.5 cm³/mol. The molecule has 1 atom stereocenters. The first-order valence-electron chi connectivity index (χ1n) is 5.42. The number of nitriles is 1. The van der Waals surface area contributed by atoms with Gasteiger partial charge in [0, 0.05) is 0 Å². The Morgan fingerprint density at radius 1 is 1.33 bits per heavy atom. The molecular formula is C14H15N. The maximum atomic E-state index is 8.57. The molecule has 0 aromatic heterocycles. The Kier molecular flexibility index (Phi) is 2.87. The summed E-state index contributed by atoms with van der Waals surface area (Å²) < 4.78 is 0. The maximum Gasteiger partial charge on any atom is 0.0669 e. The first-order chi connectivity index (χ1) is 7.29. The largest absolute Gasteiger partial charge is 0.198 e. The van der Waals surface area contributed by atoms with Gasteiger partial charge in [0.1, 0.15) is 0 Å². The Morgan fingerprint density at radius 3 is 2.60 bits per heavy atom. The topological polar surface area (TPSA) is 23.8 Å². The molecule has 1 aromatic rings. The van der Waals surface area contributed by atoms with Gasteiger partial charge in [-0.1, -0.05) is 36.4 Å². The van der Waals surface area contributed by atoms with E-state index in [4.69, 9.17) is 5.26 Å². The first-order valence-corrected chi connectivity index (χ1v) is 5.42. The van der Waals surface area contributed by atoms with Crippen molar-refractivity contribution in [3.8, 4) is 6.07 Å². The molecule has 1 aliphatic rings. The van der Waals surface area contributed by atoms with Gasteiger partial charge in [0.2, 0.25) is 0 Å². The van der Waals surface area contributed by atoms with E-state index in [0.717, 1.165) is 12.0 Å². The second-order valence-electron chi connectivity index (χ2n) is 4.27. The Morgan fingerprint density at radius 2 is 2.07 bits per heavy atom. The van der Waals surface area contributed by atoms with Gasteiger partial charge in [-0.15, -0.1) is 0 Å². The fourth-order valence-corrected chi connectivity index (χ4v) is 2.21. The number of nitrogens with zero attached hydrogens (tertiary/aromatic N) is 1. The standard InChI is InChI=1S/C14H15N/c1-11-2-5-14(10-11)13-6-3-12(4-7-13)8-9-15/h3-4,6-7,14H,1-2,5,8,10H2. The van der Waals surface area contributed by atoms with Crippen molar-refractivity contribution in [2.75, 3.05) is 0 Å². The Balaban J connectivity index is 2.10. The Hall–Kier alpha value is -1.55.